The van der Waals surface area contributed by atoms with Gasteiger partial charge in [-0.2, -0.15) is 0 Å². The molecule has 0 aliphatic heterocycles. The number of thioether (sulfide) groups is 1. The Labute approximate surface area is 160 Å². The van der Waals surface area contributed by atoms with Crippen molar-refractivity contribution < 1.29 is 9.21 Å². The molecule has 0 aliphatic rings. The Hall–Kier alpha value is -2.51. The number of amides is 1. The smallest absolute Gasteiger partial charge is 0.230 e. The molecule has 0 bridgehead atoms. The van der Waals surface area contributed by atoms with Crippen molar-refractivity contribution in [3.63, 3.8) is 0 Å². The first kappa shape index (κ1) is 18.3. The van der Waals surface area contributed by atoms with E-state index in [9.17, 15) is 4.79 Å². The molecule has 0 saturated carbocycles. The van der Waals surface area contributed by atoms with Crippen LogP contribution in [0.15, 0.2) is 64.2 Å². The first-order valence-electron chi connectivity index (χ1n) is 7.93. The molecule has 26 heavy (non-hydrogen) atoms. The van der Waals surface area contributed by atoms with E-state index in [-0.39, 0.29) is 11.7 Å². The molecule has 1 amide bonds. The highest BCUT2D eigenvalue weighted by atomic mass is 35.5. The number of rotatable bonds is 8. The third-order valence-corrected chi connectivity index (χ3v) is 4.59. The number of halogens is 1. The van der Waals surface area contributed by atoms with E-state index in [1.165, 1.54) is 11.8 Å². The molecular weight excluding hydrogens is 372 g/mol. The van der Waals surface area contributed by atoms with Crippen molar-refractivity contribution in [1.29, 1.82) is 0 Å². The molecule has 134 valence electrons. The Morgan fingerprint density at radius 2 is 1.92 bits per heavy atom. The minimum atomic E-state index is -0.0851. The van der Waals surface area contributed by atoms with Crippen LogP contribution in [0.5, 0.6) is 0 Å². The Morgan fingerprint density at radius 1 is 1.08 bits per heavy atom. The molecule has 2 aromatic heterocycles. The quantitative estimate of drug-likeness (QED) is 0.572. The number of anilines is 1. The zero-order valence-corrected chi connectivity index (χ0v) is 15.4. The molecule has 8 heteroatoms. The van der Waals surface area contributed by atoms with Crippen LogP contribution in [-0.2, 0) is 17.9 Å². The van der Waals surface area contributed by atoms with Gasteiger partial charge in [0.05, 0.1) is 18.6 Å². The summed E-state index contributed by atoms with van der Waals surface area (Å²) in [5, 5.41) is 15.6. The van der Waals surface area contributed by atoms with Gasteiger partial charge >= 0.3 is 0 Å². The maximum absolute atomic E-state index is 11.8. The third-order valence-electron chi connectivity index (χ3n) is 3.42. The standard InChI is InChI=1S/C18H17ClN4O2S/c19-14-5-3-13(4-6-14)10-20-16-7-8-18(23-22-16)26-12-17(24)21-11-15-2-1-9-25-15/h1-9H,10-12H2,(H,20,22)(H,21,24). The average molecular weight is 389 g/mol. The van der Waals surface area contributed by atoms with Crippen LogP contribution in [0.4, 0.5) is 5.82 Å². The summed E-state index contributed by atoms with van der Waals surface area (Å²) < 4.78 is 5.16. The summed E-state index contributed by atoms with van der Waals surface area (Å²) in [6, 6.07) is 14.9. The molecular formula is C18H17ClN4O2S. The van der Waals surface area contributed by atoms with Crippen molar-refractivity contribution in [3.05, 3.63) is 71.1 Å². The van der Waals surface area contributed by atoms with Gasteiger partial charge in [-0.1, -0.05) is 35.5 Å². The zero-order chi connectivity index (χ0) is 18.2. The fourth-order valence-corrected chi connectivity index (χ4v) is 2.85. The van der Waals surface area contributed by atoms with Gasteiger partial charge in [-0.25, -0.2) is 0 Å². The highest BCUT2D eigenvalue weighted by Gasteiger charge is 2.06. The van der Waals surface area contributed by atoms with Crippen molar-refractivity contribution in [2.45, 2.75) is 18.1 Å². The SMILES string of the molecule is O=C(CSc1ccc(NCc2ccc(Cl)cc2)nn1)NCc1ccco1. The van der Waals surface area contributed by atoms with Gasteiger partial charge in [-0.05, 0) is 42.0 Å². The number of nitrogens with zero attached hydrogens (tertiary/aromatic N) is 2. The number of carbonyl (C=O) groups excluding carboxylic acids is 1. The number of furan rings is 1. The summed E-state index contributed by atoms with van der Waals surface area (Å²) in [5.41, 5.74) is 1.10. The van der Waals surface area contributed by atoms with Crippen molar-refractivity contribution in [3.8, 4) is 0 Å². The maximum Gasteiger partial charge on any atom is 0.230 e. The molecule has 1 aromatic carbocycles. The van der Waals surface area contributed by atoms with Gasteiger partial charge < -0.3 is 15.1 Å². The number of nitrogens with one attached hydrogen (secondary N) is 2. The van der Waals surface area contributed by atoms with Gasteiger partial charge in [0.1, 0.15) is 16.6 Å². The second kappa shape index (κ2) is 9.26. The van der Waals surface area contributed by atoms with Gasteiger partial charge in [0.25, 0.3) is 0 Å². The van der Waals surface area contributed by atoms with Gasteiger partial charge in [0, 0.05) is 11.6 Å². The second-order valence-electron chi connectivity index (χ2n) is 5.38. The van der Waals surface area contributed by atoms with E-state index in [4.69, 9.17) is 16.0 Å². The Bertz CT molecular complexity index is 823. The van der Waals surface area contributed by atoms with Crippen molar-refractivity contribution in [2.75, 3.05) is 11.1 Å². The molecule has 3 aromatic rings. The lowest BCUT2D eigenvalue weighted by Gasteiger charge is -2.06. The van der Waals surface area contributed by atoms with E-state index in [1.54, 1.807) is 12.3 Å². The lowest BCUT2D eigenvalue weighted by Crippen LogP contribution is -2.24. The lowest BCUT2D eigenvalue weighted by atomic mass is 10.2. The summed E-state index contributed by atoms with van der Waals surface area (Å²) in [6.45, 7) is 1.01. The van der Waals surface area contributed by atoms with Crippen LogP contribution in [-0.4, -0.2) is 21.9 Å². The molecule has 0 fully saturated rings. The van der Waals surface area contributed by atoms with Gasteiger partial charge in [-0.3, -0.25) is 4.79 Å². The minimum absolute atomic E-state index is 0.0851. The van der Waals surface area contributed by atoms with Crippen LogP contribution in [0.2, 0.25) is 5.02 Å². The molecule has 0 atom stereocenters. The van der Waals surface area contributed by atoms with E-state index in [0.29, 0.717) is 29.0 Å². The summed E-state index contributed by atoms with van der Waals surface area (Å²) >= 11 is 7.20. The van der Waals surface area contributed by atoms with E-state index in [0.717, 1.165) is 11.3 Å². The third kappa shape index (κ3) is 5.79. The van der Waals surface area contributed by atoms with E-state index in [2.05, 4.69) is 20.8 Å². The van der Waals surface area contributed by atoms with Crippen LogP contribution in [0.1, 0.15) is 11.3 Å². The summed E-state index contributed by atoms with van der Waals surface area (Å²) in [5.74, 6) is 1.58. The average Bonchev–Trinajstić information content (AvgIpc) is 3.19. The monoisotopic (exact) mass is 388 g/mol. The highest BCUT2D eigenvalue weighted by molar-refractivity contribution is 7.99. The summed E-state index contributed by atoms with van der Waals surface area (Å²) in [7, 11) is 0. The predicted molar refractivity (Wildman–Crippen MR) is 102 cm³/mol. The fraction of sp³-hybridized carbons (Fsp3) is 0.167. The highest BCUT2D eigenvalue weighted by Crippen LogP contribution is 2.16. The minimum Gasteiger partial charge on any atom is -0.467 e. The van der Waals surface area contributed by atoms with Gasteiger partial charge in [-0.15, -0.1) is 10.2 Å². The predicted octanol–water partition coefficient (Wildman–Crippen LogP) is 3.74. The second-order valence-corrected chi connectivity index (χ2v) is 6.81. The molecule has 3 rings (SSSR count). The lowest BCUT2D eigenvalue weighted by molar-refractivity contribution is -0.118. The molecule has 0 unspecified atom stereocenters. The van der Waals surface area contributed by atoms with E-state index in [1.807, 2.05) is 42.5 Å². The largest absolute Gasteiger partial charge is 0.467 e. The van der Waals surface area contributed by atoms with Crippen LogP contribution in [0.25, 0.3) is 0 Å². The molecule has 6 nitrogen and oxygen atoms in total. The van der Waals surface area contributed by atoms with Crippen LogP contribution >= 0.6 is 23.4 Å². The van der Waals surface area contributed by atoms with Crippen molar-refractivity contribution in [2.24, 2.45) is 0 Å². The Balaban J connectivity index is 1.40. The first-order chi connectivity index (χ1) is 12.7. The Kier molecular flexibility index (Phi) is 6.51. The molecule has 0 radical (unpaired) electrons. The molecule has 0 saturated heterocycles. The van der Waals surface area contributed by atoms with E-state index < -0.39 is 0 Å². The number of hydrogen-bond donors (Lipinski definition) is 2. The molecule has 2 N–H and O–H groups in total. The van der Waals surface area contributed by atoms with Gasteiger partial charge in [0.2, 0.25) is 5.91 Å². The number of benzene rings is 1. The van der Waals surface area contributed by atoms with Crippen molar-refractivity contribution >= 4 is 35.1 Å². The maximum atomic E-state index is 11.8. The zero-order valence-electron chi connectivity index (χ0n) is 13.8. The number of hydrogen-bond acceptors (Lipinski definition) is 6. The van der Waals surface area contributed by atoms with Crippen molar-refractivity contribution in [1.82, 2.24) is 15.5 Å². The normalized spacial score (nSPS) is 10.5. The van der Waals surface area contributed by atoms with Gasteiger partial charge in [0.15, 0.2) is 0 Å². The summed E-state index contributed by atoms with van der Waals surface area (Å²) in [4.78, 5) is 11.8. The molecule has 2 heterocycles. The van der Waals surface area contributed by atoms with E-state index >= 15 is 0 Å². The fourth-order valence-electron chi connectivity index (χ4n) is 2.08. The molecule has 0 spiro atoms. The Morgan fingerprint density at radius 3 is 2.62 bits per heavy atom. The topological polar surface area (TPSA) is 80.0 Å². The van der Waals surface area contributed by atoms with Crippen LogP contribution in [0, 0.1) is 0 Å². The first-order valence-corrected chi connectivity index (χ1v) is 9.29. The summed E-state index contributed by atoms with van der Waals surface area (Å²) in [6.07, 6.45) is 1.58. The van der Waals surface area contributed by atoms with Crippen LogP contribution in [0.3, 0.4) is 0 Å². The van der Waals surface area contributed by atoms with Crippen LogP contribution < -0.4 is 10.6 Å². The number of carbonyl (C=O) groups is 1. The molecule has 0 aliphatic carbocycles. The number of aromatic nitrogens is 2.